The molecule has 1 fully saturated rings. The van der Waals surface area contributed by atoms with Crippen LogP contribution in [0, 0.1) is 0 Å². The van der Waals surface area contributed by atoms with Crippen molar-refractivity contribution in [1.29, 1.82) is 0 Å². The molecular formula is C21H22N2O3. The van der Waals surface area contributed by atoms with Gasteiger partial charge in [-0.1, -0.05) is 12.1 Å². The van der Waals surface area contributed by atoms with Crippen LogP contribution in [0.1, 0.15) is 30.4 Å². The van der Waals surface area contributed by atoms with E-state index in [9.17, 15) is 9.59 Å². The molecule has 5 heteroatoms. The first kappa shape index (κ1) is 16.6. The smallest absolute Gasteiger partial charge is 0.262 e. The summed E-state index contributed by atoms with van der Waals surface area (Å²) in [6.07, 6.45) is 4.87. The van der Waals surface area contributed by atoms with Crippen LogP contribution in [-0.2, 0) is 22.4 Å². The molecule has 1 aliphatic carbocycles. The number of benzene rings is 2. The van der Waals surface area contributed by atoms with Crippen molar-refractivity contribution >= 4 is 23.2 Å². The van der Waals surface area contributed by atoms with Crippen molar-refractivity contribution in [2.45, 2.75) is 32.1 Å². The van der Waals surface area contributed by atoms with Crippen LogP contribution < -0.4 is 15.0 Å². The van der Waals surface area contributed by atoms with Crippen molar-refractivity contribution in [1.82, 2.24) is 0 Å². The molecule has 0 spiro atoms. The zero-order valence-corrected chi connectivity index (χ0v) is 14.7. The van der Waals surface area contributed by atoms with E-state index in [2.05, 4.69) is 17.4 Å². The number of carbonyl (C=O) groups is 2. The van der Waals surface area contributed by atoms with Crippen LogP contribution in [0.15, 0.2) is 42.5 Å². The van der Waals surface area contributed by atoms with Gasteiger partial charge in [0.2, 0.25) is 5.91 Å². The molecule has 1 N–H and O–H groups in total. The molecule has 4 rings (SSSR count). The lowest BCUT2D eigenvalue weighted by atomic mass is 10.1. The van der Waals surface area contributed by atoms with Crippen LogP contribution in [-0.4, -0.2) is 25.0 Å². The molecule has 2 aromatic rings. The second-order valence-corrected chi connectivity index (χ2v) is 6.82. The van der Waals surface area contributed by atoms with Gasteiger partial charge in [-0.3, -0.25) is 9.59 Å². The molecule has 0 unspecified atom stereocenters. The zero-order chi connectivity index (χ0) is 17.9. The molecule has 5 nitrogen and oxygen atoms in total. The summed E-state index contributed by atoms with van der Waals surface area (Å²) in [6, 6.07) is 13.4. The van der Waals surface area contributed by atoms with Crippen molar-refractivity contribution in [3.63, 3.8) is 0 Å². The lowest BCUT2D eigenvalue weighted by Crippen LogP contribution is -2.24. The standard InChI is InChI=1S/C21H22N2O3/c24-20(22-17-10-9-15-4-1-5-16(15)12-17)14-26-19-7-2-6-18(13-19)23-11-3-8-21(23)25/h2,6-7,9-10,12-13H,1,3-5,8,11,14H2,(H,22,24). The summed E-state index contributed by atoms with van der Waals surface area (Å²) in [5.74, 6) is 0.536. The Balaban J connectivity index is 1.35. The predicted octanol–water partition coefficient (Wildman–Crippen LogP) is 3.32. The van der Waals surface area contributed by atoms with Gasteiger partial charge in [0.05, 0.1) is 0 Å². The number of rotatable bonds is 5. The number of carbonyl (C=O) groups excluding carboxylic acids is 2. The number of hydrogen-bond donors (Lipinski definition) is 1. The molecule has 1 heterocycles. The minimum absolute atomic E-state index is 0.0610. The maximum absolute atomic E-state index is 12.2. The molecule has 2 aliphatic rings. The highest BCUT2D eigenvalue weighted by molar-refractivity contribution is 5.95. The molecule has 0 aromatic heterocycles. The van der Waals surface area contributed by atoms with Gasteiger partial charge >= 0.3 is 0 Å². The summed E-state index contributed by atoms with van der Waals surface area (Å²) in [7, 11) is 0. The number of hydrogen-bond acceptors (Lipinski definition) is 3. The Morgan fingerprint density at radius 3 is 2.77 bits per heavy atom. The van der Waals surface area contributed by atoms with Crippen molar-refractivity contribution in [2.75, 3.05) is 23.4 Å². The Morgan fingerprint density at radius 1 is 1.04 bits per heavy atom. The third-order valence-electron chi connectivity index (χ3n) is 4.95. The number of aryl methyl sites for hydroxylation is 2. The molecule has 0 bridgehead atoms. The normalized spacial score (nSPS) is 15.8. The fraction of sp³-hybridized carbons (Fsp3) is 0.333. The molecule has 2 aromatic carbocycles. The van der Waals surface area contributed by atoms with Crippen molar-refractivity contribution in [3.8, 4) is 5.75 Å². The van der Waals surface area contributed by atoms with Gasteiger partial charge < -0.3 is 15.0 Å². The highest BCUT2D eigenvalue weighted by atomic mass is 16.5. The van der Waals surface area contributed by atoms with Gasteiger partial charge in [-0.05, 0) is 61.1 Å². The lowest BCUT2D eigenvalue weighted by molar-refractivity contribution is -0.118. The van der Waals surface area contributed by atoms with Gasteiger partial charge in [0.1, 0.15) is 5.75 Å². The Labute approximate surface area is 153 Å². The summed E-state index contributed by atoms with van der Waals surface area (Å²) in [4.78, 5) is 25.8. The third-order valence-corrected chi connectivity index (χ3v) is 4.95. The Kier molecular flexibility index (Phi) is 4.61. The summed E-state index contributed by atoms with van der Waals surface area (Å²) in [5, 5.41) is 2.89. The SMILES string of the molecule is O=C(COc1cccc(N2CCCC2=O)c1)Nc1ccc2c(c1)CCC2. The van der Waals surface area contributed by atoms with E-state index in [4.69, 9.17) is 4.74 Å². The van der Waals surface area contributed by atoms with Crippen LogP contribution >= 0.6 is 0 Å². The molecule has 134 valence electrons. The fourth-order valence-electron chi connectivity index (χ4n) is 3.66. The highest BCUT2D eigenvalue weighted by Gasteiger charge is 2.21. The van der Waals surface area contributed by atoms with Crippen molar-refractivity contribution in [2.24, 2.45) is 0 Å². The molecule has 1 aliphatic heterocycles. The average Bonchev–Trinajstić information content (AvgIpc) is 3.28. The summed E-state index contributed by atoms with van der Waals surface area (Å²) in [6.45, 7) is 0.676. The van der Waals surface area contributed by atoms with Gasteiger partial charge in [0, 0.05) is 30.4 Å². The second kappa shape index (κ2) is 7.20. The van der Waals surface area contributed by atoms with Gasteiger partial charge in [-0.15, -0.1) is 0 Å². The number of fused-ring (bicyclic) bond motifs is 1. The number of nitrogens with one attached hydrogen (secondary N) is 1. The largest absolute Gasteiger partial charge is 0.484 e. The number of nitrogens with zero attached hydrogens (tertiary/aromatic N) is 1. The third kappa shape index (κ3) is 3.57. The summed E-state index contributed by atoms with van der Waals surface area (Å²) in [5.41, 5.74) is 4.35. The highest BCUT2D eigenvalue weighted by Crippen LogP contribution is 2.26. The summed E-state index contributed by atoms with van der Waals surface area (Å²) >= 11 is 0. The number of amides is 2. The zero-order valence-electron chi connectivity index (χ0n) is 14.7. The topological polar surface area (TPSA) is 58.6 Å². The lowest BCUT2D eigenvalue weighted by Gasteiger charge is -2.16. The molecule has 0 saturated carbocycles. The van der Waals surface area contributed by atoms with Gasteiger partial charge in [-0.25, -0.2) is 0 Å². The number of anilines is 2. The van der Waals surface area contributed by atoms with Crippen molar-refractivity contribution < 1.29 is 14.3 Å². The first-order valence-corrected chi connectivity index (χ1v) is 9.14. The molecule has 2 amide bonds. The summed E-state index contributed by atoms with van der Waals surface area (Å²) < 4.78 is 5.62. The monoisotopic (exact) mass is 350 g/mol. The number of ether oxygens (including phenoxy) is 1. The minimum Gasteiger partial charge on any atom is -0.484 e. The van der Waals surface area contributed by atoms with E-state index in [0.717, 1.165) is 37.2 Å². The second-order valence-electron chi connectivity index (χ2n) is 6.82. The van der Waals surface area contributed by atoms with E-state index in [-0.39, 0.29) is 18.4 Å². The van der Waals surface area contributed by atoms with Crippen LogP contribution in [0.2, 0.25) is 0 Å². The van der Waals surface area contributed by atoms with Gasteiger partial charge in [0.15, 0.2) is 6.61 Å². The van der Waals surface area contributed by atoms with E-state index in [1.807, 2.05) is 24.3 Å². The Morgan fingerprint density at radius 2 is 1.92 bits per heavy atom. The van der Waals surface area contributed by atoms with E-state index >= 15 is 0 Å². The van der Waals surface area contributed by atoms with Crippen LogP contribution in [0.4, 0.5) is 11.4 Å². The minimum atomic E-state index is -0.189. The van der Waals surface area contributed by atoms with Crippen molar-refractivity contribution in [3.05, 3.63) is 53.6 Å². The Hall–Kier alpha value is -2.82. The molecular weight excluding hydrogens is 328 g/mol. The van der Waals surface area contributed by atoms with E-state index in [1.165, 1.54) is 17.5 Å². The maximum atomic E-state index is 12.2. The molecule has 0 atom stereocenters. The first-order chi connectivity index (χ1) is 12.7. The molecule has 26 heavy (non-hydrogen) atoms. The quantitative estimate of drug-likeness (QED) is 0.900. The predicted molar refractivity (Wildman–Crippen MR) is 101 cm³/mol. The van der Waals surface area contributed by atoms with Gasteiger partial charge in [-0.2, -0.15) is 0 Å². The van der Waals surface area contributed by atoms with E-state index in [1.54, 1.807) is 11.0 Å². The first-order valence-electron chi connectivity index (χ1n) is 9.14. The van der Waals surface area contributed by atoms with Crippen LogP contribution in [0.25, 0.3) is 0 Å². The van der Waals surface area contributed by atoms with E-state index in [0.29, 0.717) is 12.2 Å². The fourth-order valence-corrected chi connectivity index (χ4v) is 3.66. The molecule has 0 radical (unpaired) electrons. The molecule has 1 saturated heterocycles. The Bertz CT molecular complexity index is 847. The van der Waals surface area contributed by atoms with Gasteiger partial charge in [0.25, 0.3) is 5.91 Å². The van der Waals surface area contributed by atoms with Crippen LogP contribution in [0.5, 0.6) is 5.75 Å². The van der Waals surface area contributed by atoms with E-state index < -0.39 is 0 Å². The maximum Gasteiger partial charge on any atom is 0.262 e. The average molecular weight is 350 g/mol. The van der Waals surface area contributed by atoms with Crippen LogP contribution in [0.3, 0.4) is 0 Å².